The summed E-state index contributed by atoms with van der Waals surface area (Å²) in [6, 6.07) is 4.60. The summed E-state index contributed by atoms with van der Waals surface area (Å²) in [5, 5.41) is 5.96. The zero-order chi connectivity index (χ0) is 28.3. The topological polar surface area (TPSA) is 87.7 Å². The molecule has 1 aliphatic rings. The average molecular weight is 530 g/mol. The summed E-state index contributed by atoms with van der Waals surface area (Å²) < 4.78 is 5.39. The molecular formula is C31H51N3O4. The fourth-order valence-corrected chi connectivity index (χ4v) is 5.21. The van der Waals surface area contributed by atoms with Crippen molar-refractivity contribution in [1.82, 2.24) is 15.5 Å². The van der Waals surface area contributed by atoms with E-state index >= 15 is 0 Å². The Labute approximate surface area is 230 Å². The largest absolute Gasteiger partial charge is 0.444 e. The molecule has 0 radical (unpaired) electrons. The van der Waals surface area contributed by atoms with Crippen LogP contribution >= 0.6 is 0 Å². The van der Waals surface area contributed by atoms with Gasteiger partial charge in [-0.3, -0.25) is 9.59 Å². The molecule has 7 heteroatoms. The van der Waals surface area contributed by atoms with Crippen LogP contribution in [0, 0.1) is 13.8 Å². The Morgan fingerprint density at radius 2 is 1.58 bits per heavy atom. The maximum atomic E-state index is 13.9. The van der Waals surface area contributed by atoms with Gasteiger partial charge in [-0.05, 0) is 66.4 Å². The van der Waals surface area contributed by atoms with Crippen LogP contribution in [0.25, 0.3) is 0 Å². The first-order valence-corrected chi connectivity index (χ1v) is 14.6. The van der Waals surface area contributed by atoms with Crippen LogP contribution in [0.15, 0.2) is 18.2 Å². The SMILES string of the molecule is CCCCCCCN(C(=O)C(C)NC(=O)OC(C)(C)C)C(C(=O)NC1CCCCC1)c1cc(C)cc(C)c1. The van der Waals surface area contributed by atoms with Crippen molar-refractivity contribution in [3.63, 3.8) is 0 Å². The molecule has 3 amide bonds. The fraction of sp³-hybridized carbons (Fsp3) is 0.710. The smallest absolute Gasteiger partial charge is 0.408 e. The van der Waals surface area contributed by atoms with Gasteiger partial charge in [0, 0.05) is 12.6 Å². The van der Waals surface area contributed by atoms with Crippen molar-refractivity contribution in [1.29, 1.82) is 0 Å². The molecule has 214 valence electrons. The van der Waals surface area contributed by atoms with Gasteiger partial charge in [-0.15, -0.1) is 0 Å². The number of rotatable bonds is 12. The zero-order valence-electron chi connectivity index (χ0n) is 24.8. The van der Waals surface area contributed by atoms with Gasteiger partial charge in [0.25, 0.3) is 0 Å². The lowest BCUT2D eigenvalue weighted by molar-refractivity contribution is -0.142. The highest BCUT2D eigenvalue weighted by Crippen LogP contribution is 2.27. The van der Waals surface area contributed by atoms with Crippen LogP contribution < -0.4 is 10.6 Å². The summed E-state index contributed by atoms with van der Waals surface area (Å²) in [6.07, 6.45) is 9.85. The normalized spacial score (nSPS) is 15.9. The predicted octanol–water partition coefficient (Wildman–Crippen LogP) is 6.51. The number of carbonyl (C=O) groups is 3. The summed E-state index contributed by atoms with van der Waals surface area (Å²) in [4.78, 5) is 42.0. The molecule has 0 bridgehead atoms. The van der Waals surface area contributed by atoms with E-state index in [9.17, 15) is 14.4 Å². The van der Waals surface area contributed by atoms with Crippen LogP contribution in [0.2, 0.25) is 0 Å². The average Bonchev–Trinajstić information content (AvgIpc) is 2.81. The van der Waals surface area contributed by atoms with Crippen LogP contribution in [0.3, 0.4) is 0 Å². The molecule has 38 heavy (non-hydrogen) atoms. The minimum absolute atomic E-state index is 0.128. The molecular weight excluding hydrogens is 478 g/mol. The summed E-state index contributed by atoms with van der Waals surface area (Å²) in [5.41, 5.74) is 2.23. The lowest BCUT2D eigenvalue weighted by Gasteiger charge is -2.35. The van der Waals surface area contributed by atoms with E-state index in [2.05, 4.69) is 23.6 Å². The molecule has 7 nitrogen and oxygen atoms in total. The summed E-state index contributed by atoms with van der Waals surface area (Å²) in [5.74, 6) is -0.428. The van der Waals surface area contributed by atoms with E-state index in [0.717, 1.165) is 74.5 Å². The summed E-state index contributed by atoms with van der Waals surface area (Å²) in [6.45, 7) is 13.7. The number of amides is 3. The lowest BCUT2D eigenvalue weighted by Crippen LogP contribution is -2.53. The van der Waals surface area contributed by atoms with Gasteiger partial charge >= 0.3 is 6.09 Å². The van der Waals surface area contributed by atoms with E-state index < -0.39 is 23.8 Å². The van der Waals surface area contributed by atoms with Gasteiger partial charge in [-0.25, -0.2) is 4.79 Å². The number of hydrogen-bond acceptors (Lipinski definition) is 4. The molecule has 0 aliphatic heterocycles. The molecule has 0 aromatic heterocycles. The Bertz CT molecular complexity index is 898. The number of ether oxygens (including phenoxy) is 1. The minimum atomic E-state index is -0.837. The van der Waals surface area contributed by atoms with Gasteiger partial charge < -0.3 is 20.3 Å². The Balaban J connectivity index is 2.38. The monoisotopic (exact) mass is 529 g/mol. The molecule has 0 spiro atoms. The van der Waals surface area contributed by atoms with Crippen molar-refractivity contribution >= 4 is 17.9 Å². The van der Waals surface area contributed by atoms with Crippen LogP contribution in [0.1, 0.15) is 122 Å². The van der Waals surface area contributed by atoms with E-state index in [-0.39, 0.29) is 17.9 Å². The number of nitrogens with zero attached hydrogens (tertiary/aromatic N) is 1. The highest BCUT2D eigenvalue weighted by Gasteiger charge is 2.35. The van der Waals surface area contributed by atoms with Crippen molar-refractivity contribution in [2.24, 2.45) is 0 Å². The third-order valence-electron chi connectivity index (χ3n) is 6.96. The van der Waals surface area contributed by atoms with Crippen molar-refractivity contribution in [3.8, 4) is 0 Å². The van der Waals surface area contributed by atoms with Crippen LogP contribution in [0.5, 0.6) is 0 Å². The standard InChI is InChI=1S/C31H51N3O4/c1-8-9-10-11-15-18-34(29(36)24(4)32-30(37)38-31(5,6)7)27(25-20-22(2)19-23(3)21-25)28(35)33-26-16-13-12-14-17-26/h19-21,24,26-27H,8-18H2,1-7H3,(H,32,37)(H,33,35). The van der Waals surface area contributed by atoms with Crippen LogP contribution in [-0.4, -0.2) is 47.0 Å². The molecule has 1 fully saturated rings. The molecule has 0 saturated heterocycles. The van der Waals surface area contributed by atoms with Crippen molar-refractivity contribution in [2.45, 2.75) is 136 Å². The highest BCUT2D eigenvalue weighted by atomic mass is 16.6. The number of benzene rings is 1. The Morgan fingerprint density at radius 3 is 2.16 bits per heavy atom. The lowest BCUT2D eigenvalue weighted by atomic mass is 9.94. The second-order valence-corrected chi connectivity index (χ2v) is 12.0. The Hall–Kier alpha value is -2.57. The predicted molar refractivity (Wildman–Crippen MR) is 153 cm³/mol. The van der Waals surface area contributed by atoms with Gasteiger partial charge in [-0.2, -0.15) is 0 Å². The Kier molecular flexibility index (Phi) is 12.6. The third-order valence-corrected chi connectivity index (χ3v) is 6.96. The number of nitrogens with one attached hydrogen (secondary N) is 2. The van der Waals surface area contributed by atoms with Gasteiger partial charge in [0.2, 0.25) is 11.8 Å². The Morgan fingerprint density at radius 1 is 0.974 bits per heavy atom. The zero-order valence-corrected chi connectivity index (χ0v) is 24.8. The molecule has 2 unspecified atom stereocenters. The first-order valence-electron chi connectivity index (χ1n) is 14.6. The third kappa shape index (κ3) is 10.7. The van der Waals surface area contributed by atoms with E-state index in [1.807, 2.05) is 26.0 Å². The molecule has 1 aliphatic carbocycles. The quantitative estimate of drug-likeness (QED) is 0.302. The van der Waals surface area contributed by atoms with Gasteiger partial charge in [-0.1, -0.05) is 81.2 Å². The number of carbonyl (C=O) groups excluding carboxylic acids is 3. The molecule has 0 heterocycles. The van der Waals surface area contributed by atoms with E-state index in [4.69, 9.17) is 4.74 Å². The fourth-order valence-electron chi connectivity index (χ4n) is 5.21. The molecule has 2 N–H and O–H groups in total. The first kappa shape index (κ1) is 31.6. The van der Waals surface area contributed by atoms with E-state index in [1.165, 1.54) is 6.42 Å². The van der Waals surface area contributed by atoms with E-state index in [0.29, 0.717) is 6.54 Å². The minimum Gasteiger partial charge on any atom is -0.444 e. The van der Waals surface area contributed by atoms with E-state index in [1.54, 1.807) is 32.6 Å². The summed E-state index contributed by atoms with van der Waals surface area (Å²) >= 11 is 0. The number of aryl methyl sites for hydroxylation is 2. The summed E-state index contributed by atoms with van der Waals surface area (Å²) in [7, 11) is 0. The molecule has 2 rings (SSSR count). The second-order valence-electron chi connectivity index (χ2n) is 12.0. The van der Waals surface area contributed by atoms with Crippen LogP contribution in [-0.2, 0) is 14.3 Å². The van der Waals surface area contributed by atoms with Crippen molar-refractivity contribution in [2.75, 3.05) is 6.54 Å². The van der Waals surface area contributed by atoms with Gasteiger partial charge in [0.1, 0.15) is 17.7 Å². The first-order chi connectivity index (χ1) is 17.9. The van der Waals surface area contributed by atoms with Gasteiger partial charge in [0.05, 0.1) is 0 Å². The maximum Gasteiger partial charge on any atom is 0.408 e. The van der Waals surface area contributed by atoms with Crippen molar-refractivity contribution in [3.05, 3.63) is 34.9 Å². The molecule has 2 atom stereocenters. The van der Waals surface area contributed by atoms with Crippen LogP contribution in [0.4, 0.5) is 4.79 Å². The maximum absolute atomic E-state index is 13.9. The number of unbranched alkanes of at least 4 members (excludes halogenated alkanes) is 4. The molecule has 1 aromatic carbocycles. The number of hydrogen-bond donors (Lipinski definition) is 2. The van der Waals surface area contributed by atoms with Gasteiger partial charge in [0.15, 0.2) is 0 Å². The highest BCUT2D eigenvalue weighted by molar-refractivity contribution is 5.92. The number of alkyl carbamates (subject to hydrolysis) is 1. The second kappa shape index (κ2) is 15.1. The molecule has 1 aromatic rings. The molecule has 1 saturated carbocycles. The van der Waals surface area contributed by atoms with Crippen molar-refractivity contribution < 1.29 is 19.1 Å².